The first-order valence-electron chi connectivity index (χ1n) is 7.99. The van der Waals surface area contributed by atoms with Crippen molar-refractivity contribution in [1.29, 1.82) is 0 Å². The fourth-order valence-corrected chi connectivity index (χ4v) is 2.34. The van der Waals surface area contributed by atoms with E-state index in [0.717, 1.165) is 11.3 Å². The van der Waals surface area contributed by atoms with E-state index in [1.807, 2.05) is 24.3 Å². The number of ether oxygens (including phenoxy) is 1. The monoisotopic (exact) mass is 355 g/mol. The van der Waals surface area contributed by atoms with Gasteiger partial charge in [0.2, 0.25) is 11.8 Å². The van der Waals surface area contributed by atoms with Gasteiger partial charge in [0, 0.05) is 37.3 Å². The number of rotatable bonds is 6. The molecule has 0 saturated carbocycles. The lowest BCUT2D eigenvalue weighted by Gasteiger charge is -2.11. The Morgan fingerprint density at radius 2 is 1.42 bits per heavy atom. The van der Waals surface area contributed by atoms with Gasteiger partial charge in [-0.05, 0) is 35.9 Å². The van der Waals surface area contributed by atoms with Crippen LogP contribution in [0.25, 0.3) is 0 Å². The number of carbonyl (C=O) groups excluding carboxylic acids is 3. The molecule has 7 nitrogen and oxygen atoms in total. The van der Waals surface area contributed by atoms with Crippen LogP contribution in [0.3, 0.4) is 0 Å². The summed E-state index contributed by atoms with van der Waals surface area (Å²) in [5.74, 6) is -0.119. The summed E-state index contributed by atoms with van der Waals surface area (Å²) in [7, 11) is 1.59. The Hall–Kier alpha value is -3.35. The standard InChI is InChI=1S/C19H21N3O4/c1-12(23)21-16-8-15(9-17(10-16)22-13(2)24)19(25)20-11-14-4-6-18(26-3)7-5-14/h4-10H,11H2,1-3H3,(H,20,25)(H,21,23)(H,22,24). The fourth-order valence-electron chi connectivity index (χ4n) is 2.34. The number of hydrogen-bond acceptors (Lipinski definition) is 4. The Morgan fingerprint density at radius 3 is 1.88 bits per heavy atom. The third-order valence-electron chi connectivity index (χ3n) is 3.45. The average Bonchev–Trinajstić information content (AvgIpc) is 2.58. The van der Waals surface area contributed by atoms with Gasteiger partial charge in [-0.3, -0.25) is 14.4 Å². The van der Waals surface area contributed by atoms with Gasteiger partial charge in [0.1, 0.15) is 5.75 Å². The molecule has 26 heavy (non-hydrogen) atoms. The van der Waals surface area contributed by atoms with Crippen molar-refractivity contribution < 1.29 is 19.1 Å². The number of carbonyl (C=O) groups is 3. The van der Waals surface area contributed by atoms with E-state index in [0.29, 0.717) is 23.5 Å². The maximum absolute atomic E-state index is 12.5. The van der Waals surface area contributed by atoms with Gasteiger partial charge in [0.05, 0.1) is 7.11 Å². The molecular formula is C19H21N3O4. The predicted molar refractivity (Wildman–Crippen MR) is 99.2 cm³/mol. The van der Waals surface area contributed by atoms with Crippen LogP contribution in [-0.2, 0) is 16.1 Å². The highest BCUT2D eigenvalue weighted by atomic mass is 16.5. The minimum Gasteiger partial charge on any atom is -0.497 e. The summed E-state index contributed by atoms with van der Waals surface area (Å²) in [6.07, 6.45) is 0. The lowest BCUT2D eigenvalue weighted by molar-refractivity contribution is -0.115. The van der Waals surface area contributed by atoms with E-state index in [9.17, 15) is 14.4 Å². The molecule has 3 N–H and O–H groups in total. The van der Waals surface area contributed by atoms with Crippen LogP contribution in [0.1, 0.15) is 29.8 Å². The molecule has 0 atom stereocenters. The van der Waals surface area contributed by atoms with Crippen LogP contribution in [-0.4, -0.2) is 24.8 Å². The van der Waals surface area contributed by atoms with Crippen LogP contribution in [0.15, 0.2) is 42.5 Å². The first-order valence-corrected chi connectivity index (χ1v) is 7.99. The quantitative estimate of drug-likeness (QED) is 0.742. The van der Waals surface area contributed by atoms with Crippen LogP contribution in [0, 0.1) is 0 Å². The first kappa shape index (κ1) is 19.0. The average molecular weight is 355 g/mol. The molecule has 2 aromatic carbocycles. The minimum absolute atomic E-state index is 0.269. The van der Waals surface area contributed by atoms with Gasteiger partial charge >= 0.3 is 0 Å². The van der Waals surface area contributed by atoms with Crippen molar-refractivity contribution in [1.82, 2.24) is 5.32 Å². The van der Waals surface area contributed by atoms with E-state index in [2.05, 4.69) is 16.0 Å². The smallest absolute Gasteiger partial charge is 0.251 e. The lowest BCUT2D eigenvalue weighted by atomic mass is 10.1. The van der Waals surface area contributed by atoms with E-state index in [1.54, 1.807) is 25.3 Å². The van der Waals surface area contributed by atoms with E-state index < -0.39 is 0 Å². The zero-order valence-corrected chi connectivity index (χ0v) is 14.9. The number of nitrogens with one attached hydrogen (secondary N) is 3. The van der Waals surface area contributed by atoms with Crippen molar-refractivity contribution in [2.75, 3.05) is 17.7 Å². The number of amides is 3. The lowest BCUT2D eigenvalue weighted by Crippen LogP contribution is -2.23. The second-order valence-corrected chi connectivity index (χ2v) is 5.69. The molecule has 0 heterocycles. The molecular weight excluding hydrogens is 334 g/mol. The van der Waals surface area contributed by atoms with Crippen molar-refractivity contribution in [3.63, 3.8) is 0 Å². The molecule has 0 unspecified atom stereocenters. The van der Waals surface area contributed by atoms with E-state index in [1.165, 1.54) is 13.8 Å². The molecule has 0 spiro atoms. The molecule has 0 fully saturated rings. The van der Waals surface area contributed by atoms with Crippen molar-refractivity contribution in [3.05, 3.63) is 53.6 Å². The SMILES string of the molecule is COc1ccc(CNC(=O)c2cc(NC(C)=O)cc(NC(C)=O)c2)cc1. The number of benzene rings is 2. The Labute approximate surface area is 151 Å². The molecule has 3 amide bonds. The molecule has 0 saturated heterocycles. The van der Waals surface area contributed by atoms with Crippen LogP contribution in [0.4, 0.5) is 11.4 Å². The van der Waals surface area contributed by atoms with E-state index in [-0.39, 0.29) is 17.7 Å². The molecule has 2 rings (SSSR count). The van der Waals surface area contributed by atoms with Crippen LogP contribution in [0.2, 0.25) is 0 Å². The summed E-state index contributed by atoms with van der Waals surface area (Å²) in [4.78, 5) is 35.0. The second-order valence-electron chi connectivity index (χ2n) is 5.69. The summed E-state index contributed by atoms with van der Waals surface area (Å²) >= 11 is 0. The summed E-state index contributed by atoms with van der Waals surface area (Å²) in [5.41, 5.74) is 2.10. The van der Waals surface area contributed by atoms with Crippen molar-refractivity contribution in [2.45, 2.75) is 20.4 Å². The van der Waals surface area contributed by atoms with Crippen molar-refractivity contribution >= 4 is 29.1 Å². The normalized spacial score (nSPS) is 9.96. The Morgan fingerprint density at radius 1 is 0.885 bits per heavy atom. The maximum atomic E-state index is 12.5. The molecule has 0 bridgehead atoms. The summed E-state index contributed by atoms with van der Waals surface area (Å²) in [6.45, 7) is 3.08. The zero-order chi connectivity index (χ0) is 19.1. The third-order valence-corrected chi connectivity index (χ3v) is 3.45. The maximum Gasteiger partial charge on any atom is 0.251 e. The molecule has 7 heteroatoms. The molecule has 0 aliphatic heterocycles. The number of methoxy groups -OCH3 is 1. The highest BCUT2D eigenvalue weighted by Gasteiger charge is 2.10. The highest BCUT2D eigenvalue weighted by Crippen LogP contribution is 2.20. The van der Waals surface area contributed by atoms with Gasteiger partial charge in [-0.2, -0.15) is 0 Å². The van der Waals surface area contributed by atoms with Crippen LogP contribution >= 0.6 is 0 Å². The molecule has 0 aromatic heterocycles. The van der Waals surface area contributed by atoms with Gasteiger partial charge in [0.25, 0.3) is 5.91 Å². The molecule has 2 aromatic rings. The van der Waals surface area contributed by atoms with Crippen LogP contribution in [0.5, 0.6) is 5.75 Å². The molecule has 0 radical (unpaired) electrons. The van der Waals surface area contributed by atoms with Crippen LogP contribution < -0.4 is 20.7 Å². The highest BCUT2D eigenvalue weighted by molar-refractivity contribution is 5.99. The largest absolute Gasteiger partial charge is 0.497 e. The second kappa shape index (κ2) is 8.66. The predicted octanol–water partition coefficient (Wildman–Crippen LogP) is 2.54. The summed E-state index contributed by atoms with van der Waals surface area (Å²) in [5, 5.41) is 8.04. The number of anilines is 2. The fraction of sp³-hybridized carbons (Fsp3) is 0.211. The number of hydrogen-bond donors (Lipinski definition) is 3. The van der Waals surface area contributed by atoms with Gasteiger partial charge in [-0.15, -0.1) is 0 Å². The molecule has 0 aliphatic carbocycles. The summed E-state index contributed by atoms with van der Waals surface area (Å²) in [6, 6.07) is 12.0. The van der Waals surface area contributed by atoms with Gasteiger partial charge < -0.3 is 20.7 Å². The Kier molecular flexibility index (Phi) is 6.32. The van der Waals surface area contributed by atoms with Crippen molar-refractivity contribution in [3.8, 4) is 5.75 Å². The molecule has 0 aliphatic rings. The van der Waals surface area contributed by atoms with Gasteiger partial charge in [-0.25, -0.2) is 0 Å². The molecule has 136 valence electrons. The van der Waals surface area contributed by atoms with Gasteiger partial charge in [0.15, 0.2) is 0 Å². The van der Waals surface area contributed by atoms with Crippen molar-refractivity contribution in [2.24, 2.45) is 0 Å². The third kappa shape index (κ3) is 5.62. The van der Waals surface area contributed by atoms with E-state index in [4.69, 9.17) is 4.74 Å². The zero-order valence-electron chi connectivity index (χ0n) is 14.9. The first-order chi connectivity index (χ1) is 12.4. The van der Waals surface area contributed by atoms with E-state index >= 15 is 0 Å². The topological polar surface area (TPSA) is 96.5 Å². The Bertz CT molecular complexity index is 782. The Balaban J connectivity index is 2.14. The van der Waals surface area contributed by atoms with Gasteiger partial charge in [-0.1, -0.05) is 12.1 Å². The minimum atomic E-state index is -0.320. The summed E-state index contributed by atoms with van der Waals surface area (Å²) < 4.78 is 5.10.